The fourth-order valence-electron chi connectivity index (χ4n) is 1.77. The van der Waals surface area contributed by atoms with Gasteiger partial charge in [0.25, 0.3) is 0 Å². The molecule has 0 saturated heterocycles. The number of hydrogen-bond acceptors (Lipinski definition) is 6. The van der Waals surface area contributed by atoms with Crippen molar-refractivity contribution in [2.75, 3.05) is 14.2 Å². The van der Waals surface area contributed by atoms with Gasteiger partial charge in [0.15, 0.2) is 5.65 Å². The van der Waals surface area contributed by atoms with Crippen molar-refractivity contribution in [1.29, 1.82) is 0 Å². The van der Waals surface area contributed by atoms with E-state index in [-0.39, 0.29) is 6.01 Å². The van der Waals surface area contributed by atoms with E-state index in [9.17, 15) is 4.39 Å². The number of methoxy groups -OCH3 is 2. The monoisotopic (exact) mass is 275 g/mol. The van der Waals surface area contributed by atoms with Crippen LogP contribution < -0.4 is 9.47 Å². The minimum atomic E-state index is -0.546. The third-order valence-corrected chi connectivity index (χ3v) is 2.70. The molecule has 0 N–H and O–H groups in total. The van der Waals surface area contributed by atoms with Gasteiger partial charge in [-0.05, 0) is 12.1 Å². The van der Waals surface area contributed by atoms with Gasteiger partial charge in [-0.1, -0.05) is 0 Å². The predicted molar refractivity (Wildman–Crippen MR) is 67.1 cm³/mol. The van der Waals surface area contributed by atoms with Crippen LogP contribution in [0.1, 0.15) is 0 Å². The second kappa shape index (κ2) is 4.72. The highest BCUT2D eigenvalue weighted by Crippen LogP contribution is 2.27. The molecular formula is C12H10FN5O2. The van der Waals surface area contributed by atoms with Crippen LogP contribution in [0.4, 0.5) is 4.39 Å². The molecule has 0 atom stereocenters. The molecule has 3 heterocycles. The number of ether oxygens (including phenoxy) is 2. The summed E-state index contributed by atoms with van der Waals surface area (Å²) in [7, 11) is 2.93. The number of imidazole rings is 1. The van der Waals surface area contributed by atoms with Crippen LogP contribution in [0.2, 0.25) is 0 Å². The van der Waals surface area contributed by atoms with E-state index in [1.807, 2.05) is 0 Å². The molecule has 0 aliphatic heterocycles. The highest BCUT2D eigenvalue weighted by Gasteiger charge is 2.13. The lowest BCUT2D eigenvalue weighted by Gasteiger charge is -2.07. The van der Waals surface area contributed by atoms with Crippen LogP contribution in [0.3, 0.4) is 0 Å². The maximum atomic E-state index is 13.5. The van der Waals surface area contributed by atoms with Gasteiger partial charge in [-0.25, -0.2) is 9.97 Å². The van der Waals surface area contributed by atoms with Gasteiger partial charge in [-0.2, -0.15) is 19.0 Å². The fourth-order valence-corrected chi connectivity index (χ4v) is 1.77. The second-order valence-electron chi connectivity index (χ2n) is 3.85. The van der Waals surface area contributed by atoms with E-state index in [0.717, 1.165) is 10.7 Å². The van der Waals surface area contributed by atoms with Crippen LogP contribution in [0.15, 0.2) is 24.5 Å². The van der Waals surface area contributed by atoms with E-state index >= 15 is 0 Å². The largest absolute Gasteiger partial charge is 0.480 e. The van der Waals surface area contributed by atoms with Crippen molar-refractivity contribution in [3.05, 3.63) is 30.5 Å². The predicted octanol–water partition coefficient (Wildman–Crippen LogP) is 1.34. The Morgan fingerprint density at radius 2 is 1.95 bits per heavy atom. The molecule has 3 aromatic heterocycles. The molecule has 0 amide bonds. The molecule has 102 valence electrons. The summed E-state index contributed by atoms with van der Waals surface area (Å²) in [6.45, 7) is 0. The summed E-state index contributed by atoms with van der Waals surface area (Å²) in [4.78, 5) is 11.9. The van der Waals surface area contributed by atoms with Gasteiger partial charge in [-0.3, -0.25) is 0 Å². The fraction of sp³-hybridized carbons (Fsp3) is 0.167. The van der Waals surface area contributed by atoms with Crippen molar-refractivity contribution in [3.8, 4) is 23.1 Å². The minimum absolute atomic E-state index is 0.181. The van der Waals surface area contributed by atoms with Gasteiger partial charge in [-0.15, -0.1) is 0 Å². The molecule has 8 heteroatoms. The normalized spacial score (nSPS) is 10.8. The Balaban J connectivity index is 2.16. The maximum absolute atomic E-state index is 13.5. The molecule has 0 spiro atoms. The lowest BCUT2D eigenvalue weighted by Crippen LogP contribution is -2.01. The molecule has 0 unspecified atom stereocenters. The number of aromatic nitrogens is 5. The third-order valence-electron chi connectivity index (χ3n) is 2.70. The van der Waals surface area contributed by atoms with Crippen LogP contribution >= 0.6 is 0 Å². The van der Waals surface area contributed by atoms with Crippen LogP contribution in [-0.4, -0.2) is 38.8 Å². The molecule has 0 saturated carbocycles. The molecule has 0 fully saturated rings. The van der Waals surface area contributed by atoms with Gasteiger partial charge in [0.2, 0.25) is 11.8 Å². The summed E-state index contributed by atoms with van der Waals surface area (Å²) in [5.74, 6) is -0.250. The third kappa shape index (κ3) is 1.91. The molecule has 0 aliphatic rings. The number of nitrogens with zero attached hydrogens (tertiary/aromatic N) is 5. The molecule has 20 heavy (non-hydrogen) atoms. The van der Waals surface area contributed by atoms with Crippen LogP contribution in [0.5, 0.6) is 11.9 Å². The Hall–Kier alpha value is -2.77. The maximum Gasteiger partial charge on any atom is 0.319 e. The molecule has 0 aromatic carbocycles. The molecule has 0 radical (unpaired) electrons. The molecular weight excluding hydrogens is 265 g/mol. The summed E-state index contributed by atoms with van der Waals surface area (Å²) in [5, 5.41) is 4.15. The van der Waals surface area contributed by atoms with Crippen molar-refractivity contribution in [3.63, 3.8) is 0 Å². The Labute approximate surface area is 113 Å². The van der Waals surface area contributed by atoms with Crippen molar-refractivity contribution in [2.45, 2.75) is 0 Å². The van der Waals surface area contributed by atoms with Gasteiger partial charge in [0, 0.05) is 6.20 Å². The van der Waals surface area contributed by atoms with Crippen molar-refractivity contribution in [1.82, 2.24) is 24.6 Å². The summed E-state index contributed by atoms with van der Waals surface area (Å²) >= 11 is 0. The zero-order valence-corrected chi connectivity index (χ0v) is 10.7. The first kappa shape index (κ1) is 12.3. The molecule has 3 aromatic rings. The Morgan fingerprint density at radius 1 is 1.10 bits per heavy atom. The first-order chi connectivity index (χ1) is 9.72. The first-order valence-corrected chi connectivity index (χ1v) is 5.68. The summed E-state index contributed by atoms with van der Waals surface area (Å²) < 4.78 is 24.7. The highest BCUT2D eigenvalue weighted by molar-refractivity contribution is 5.64. The zero-order valence-electron chi connectivity index (χ0n) is 10.7. The average Bonchev–Trinajstić information content (AvgIpc) is 2.87. The highest BCUT2D eigenvalue weighted by atomic mass is 19.1. The van der Waals surface area contributed by atoms with Gasteiger partial charge in [0.05, 0.1) is 31.7 Å². The lowest BCUT2D eigenvalue weighted by atomic mass is 10.2. The van der Waals surface area contributed by atoms with Crippen LogP contribution in [0, 0.1) is 5.95 Å². The van der Waals surface area contributed by atoms with E-state index in [4.69, 9.17) is 9.47 Å². The number of fused-ring (bicyclic) bond motifs is 1. The van der Waals surface area contributed by atoms with E-state index in [2.05, 4.69) is 20.1 Å². The first-order valence-electron chi connectivity index (χ1n) is 5.68. The average molecular weight is 275 g/mol. The van der Waals surface area contributed by atoms with E-state index < -0.39 is 5.95 Å². The Kier molecular flexibility index (Phi) is 2.90. The molecule has 0 aliphatic carbocycles. The number of rotatable bonds is 3. The van der Waals surface area contributed by atoms with Gasteiger partial charge < -0.3 is 9.47 Å². The molecule has 7 nitrogen and oxygen atoms in total. The standard InChI is InChI=1S/C12H10FN5O2/c1-19-11-7(5-15-12(16-11)20-2)8-3-4-10-14-6-9(13)18(10)17-8/h3-6H,1-2H3. The van der Waals surface area contributed by atoms with Gasteiger partial charge >= 0.3 is 6.01 Å². The van der Waals surface area contributed by atoms with E-state index in [1.54, 1.807) is 12.1 Å². The Bertz CT molecular complexity index is 774. The number of halogens is 1. The quantitative estimate of drug-likeness (QED) is 0.718. The Morgan fingerprint density at radius 3 is 2.70 bits per heavy atom. The summed E-state index contributed by atoms with van der Waals surface area (Å²) in [6.07, 6.45) is 2.61. The summed E-state index contributed by atoms with van der Waals surface area (Å²) in [6, 6.07) is 3.52. The smallest absolute Gasteiger partial charge is 0.319 e. The van der Waals surface area contributed by atoms with Crippen molar-refractivity contribution < 1.29 is 13.9 Å². The van der Waals surface area contributed by atoms with Crippen molar-refractivity contribution in [2.24, 2.45) is 0 Å². The topological polar surface area (TPSA) is 74.4 Å². The SMILES string of the molecule is COc1ncc(-c2ccc3ncc(F)n3n2)c(OC)n1. The minimum Gasteiger partial charge on any atom is -0.480 e. The summed E-state index contributed by atoms with van der Waals surface area (Å²) in [5.41, 5.74) is 1.41. The van der Waals surface area contributed by atoms with Crippen molar-refractivity contribution >= 4 is 5.65 Å². The van der Waals surface area contributed by atoms with Crippen LogP contribution in [0.25, 0.3) is 16.9 Å². The second-order valence-corrected chi connectivity index (χ2v) is 3.85. The van der Waals surface area contributed by atoms with Crippen LogP contribution in [-0.2, 0) is 0 Å². The van der Waals surface area contributed by atoms with E-state index in [0.29, 0.717) is 22.8 Å². The van der Waals surface area contributed by atoms with Gasteiger partial charge in [0.1, 0.15) is 0 Å². The van der Waals surface area contributed by atoms with E-state index in [1.165, 1.54) is 20.4 Å². The zero-order chi connectivity index (χ0) is 14.1. The molecule has 0 bridgehead atoms. The lowest BCUT2D eigenvalue weighted by molar-refractivity contribution is 0.353. The number of hydrogen-bond donors (Lipinski definition) is 0. The molecule has 3 rings (SSSR count).